The maximum Gasteiger partial charge on any atom is 0.329 e. The van der Waals surface area contributed by atoms with Crippen LogP contribution in [0.3, 0.4) is 0 Å². The number of rotatable bonds is 3. The summed E-state index contributed by atoms with van der Waals surface area (Å²) in [6, 6.07) is -1.13. The van der Waals surface area contributed by atoms with E-state index >= 15 is 0 Å². The van der Waals surface area contributed by atoms with Gasteiger partial charge in [-0.2, -0.15) is 0 Å². The number of carbonyl (C=O) groups excluding carboxylic acids is 1. The Morgan fingerprint density at radius 3 is 2.09 bits per heavy atom. The first-order valence-electron chi connectivity index (χ1n) is 3.22. The maximum absolute atomic E-state index is 10.5. The normalized spacial score (nSPS) is 12.3. The van der Waals surface area contributed by atoms with Crippen LogP contribution in [0.5, 0.6) is 0 Å². The molecule has 0 aliphatic heterocycles. The number of amides is 1. The standard InChI is InChI=1S/C6H11NO4/c1-3-5(6(9)10)7(11)4(2)8/h5,11H,3H2,1-2H3,(H,9,10). The second-order valence-electron chi connectivity index (χ2n) is 2.13. The van der Waals surface area contributed by atoms with Crippen molar-refractivity contribution < 1.29 is 19.9 Å². The van der Waals surface area contributed by atoms with Crippen molar-refractivity contribution in [3.63, 3.8) is 0 Å². The monoisotopic (exact) mass is 161 g/mol. The van der Waals surface area contributed by atoms with E-state index in [1.807, 2.05) is 0 Å². The summed E-state index contributed by atoms with van der Waals surface area (Å²) in [6.45, 7) is 2.68. The summed E-state index contributed by atoms with van der Waals surface area (Å²) >= 11 is 0. The molecule has 0 rings (SSSR count). The molecule has 0 aromatic carbocycles. The van der Waals surface area contributed by atoms with Crippen molar-refractivity contribution in [1.29, 1.82) is 0 Å². The molecule has 0 fully saturated rings. The molecule has 0 aromatic heterocycles. The zero-order chi connectivity index (χ0) is 9.02. The molecule has 0 aliphatic carbocycles. The second kappa shape index (κ2) is 3.92. The van der Waals surface area contributed by atoms with Gasteiger partial charge in [0.25, 0.3) is 0 Å². The Balaban J connectivity index is 4.25. The van der Waals surface area contributed by atoms with E-state index in [9.17, 15) is 9.59 Å². The van der Waals surface area contributed by atoms with Crippen molar-refractivity contribution >= 4 is 11.9 Å². The Morgan fingerprint density at radius 2 is 2.00 bits per heavy atom. The smallest absolute Gasteiger partial charge is 0.329 e. The predicted molar refractivity (Wildman–Crippen MR) is 36.0 cm³/mol. The van der Waals surface area contributed by atoms with E-state index in [4.69, 9.17) is 10.3 Å². The summed E-state index contributed by atoms with van der Waals surface area (Å²) in [5.74, 6) is -1.87. The van der Waals surface area contributed by atoms with Crippen LogP contribution < -0.4 is 0 Å². The third kappa shape index (κ3) is 2.55. The Labute approximate surface area is 64.2 Å². The van der Waals surface area contributed by atoms with E-state index in [1.54, 1.807) is 6.92 Å². The molecule has 64 valence electrons. The van der Waals surface area contributed by atoms with Crippen LogP contribution in [0.15, 0.2) is 0 Å². The second-order valence-corrected chi connectivity index (χ2v) is 2.13. The van der Waals surface area contributed by atoms with Gasteiger partial charge in [0, 0.05) is 6.92 Å². The number of carbonyl (C=O) groups is 2. The summed E-state index contributed by atoms with van der Waals surface area (Å²) in [6.07, 6.45) is 0.186. The lowest BCUT2D eigenvalue weighted by atomic mass is 10.2. The van der Waals surface area contributed by atoms with Crippen molar-refractivity contribution in [3.8, 4) is 0 Å². The highest BCUT2D eigenvalue weighted by Crippen LogP contribution is 2.00. The van der Waals surface area contributed by atoms with Crippen molar-refractivity contribution in [3.05, 3.63) is 0 Å². The molecule has 1 amide bonds. The molecular formula is C6H11NO4. The van der Waals surface area contributed by atoms with Crippen LogP contribution in [0, 0.1) is 0 Å². The molecule has 0 bridgehead atoms. The minimum Gasteiger partial charge on any atom is -0.480 e. The van der Waals surface area contributed by atoms with Gasteiger partial charge in [-0.15, -0.1) is 0 Å². The summed E-state index contributed by atoms with van der Waals surface area (Å²) in [5, 5.41) is 17.5. The van der Waals surface area contributed by atoms with Crippen LogP contribution >= 0.6 is 0 Å². The molecule has 0 aromatic rings. The molecule has 1 unspecified atom stereocenters. The predicted octanol–water partition coefficient (Wildman–Crippen LogP) is 0.0873. The molecule has 0 saturated carbocycles. The number of hydroxylamine groups is 2. The quantitative estimate of drug-likeness (QED) is 0.454. The van der Waals surface area contributed by atoms with Crippen molar-refractivity contribution in [2.45, 2.75) is 26.3 Å². The van der Waals surface area contributed by atoms with Crippen LogP contribution in [-0.2, 0) is 9.59 Å². The zero-order valence-electron chi connectivity index (χ0n) is 6.44. The molecular weight excluding hydrogens is 150 g/mol. The van der Waals surface area contributed by atoms with E-state index in [0.717, 1.165) is 6.92 Å². The third-order valence-corrected chi connectivity index (χ3v) is 1.29. The highest BCUT2D eigenvalue weighted by Gasteiger charge is 2.24. The SMILES string of the molecule is CCC(C(=O)O)N(O)C(C)=O. The summed E-state index contributed by atoms with van der Waals surface area (Å²) < 4.78 is 0. The first-order chi connectivity index (χ1) is 5.00. The van der Waals surface area contributed by atoms with E-state index in [0.29, 0.717) is 0 Å². The van der Waals surface area contributed by atoms with Gasteiger partial charge in [0.15, 0.2) is 6.04 Å². The Morgan fingerprint density at radius 1 is 1.55 bits per heavy atom. The molecule has 0 radical (unpaired) electrons. The molecule has 0 saturated heterocycles. The van der Waals surface area contributed by atoms with Crippen LogP contribution in [0.25, 0.3) is 0 Å². The highest BCUT2D eigenvalue weighted by molar-refractivity contribution is 5.81. The molecule has 2 N–H and O–H groups in total. The van der Waals surface area contributed by atoms with Gasteiger partial charge in [-0.25, -0.2) is 9.86 Å². The summed E-state index contributed by atoms with van der Waals surface area (Å²) in [4.78, 5) is 20.8. The first kappa shape index (κ1) is 9.90. The van der Waals surface area contributed by atoms with Crippen molar-refractivity contribution in [1.82, 2.24) is 5.06 Å². The van der Waals surface area contributed by atoms with Crippen molar-refractivity contribution in [2.75, 3.05) is 0 Å². The van der Waals surface area contributed by atoms with Crippen LogP contribution in [0.4, 0.5) is 0 Å². The van der Waals surface area contributed by atoms with Crippen LogP contribution in [-0.4, -0.2) is 33.3 Å². The number of hydrogen-bond acceptors (Lipinski definition) is 3. The fraction of sp³-hybridized carbons (Fsp3) is 0.667. The van der Waals surface area contributed by atoms with Gasteiger partial charge in [-0.05, 0) is 6.42 Å². The van der Waals surface area contributed by atoms with Gasteiger partial charge in [0.1, 0.15) is 0 Å². The molecule has 0 aliphatic rings. The first-order valence-corrected chi connectivity index (χ1v) is 3.22. The van der Waals surface area contributed by atoms with Gasteiger partial charge in [-0.1, -0.05) is 6.92 Å². The average molecular weight is 161 g/mol. The topological polar surface area (TPSA) is 77.8 Å². The summed E-state index contributed by atoms with van der Waals surface area (Å²) in [7, 11) is 0. The van der Waals surface area contributed by atoms with Gasteiger partial charge in [0.05, 0.1) is 0 Å². The molecule has 11 heavy (non-hydrogen) atoms. The molecule has 5 heteroatoms. The van der Waals surface area contributed by atoms with E-state index < -0.39 is 17.9 Å². The molecule has 0 heterocycles. The zero-order valence-corrected chi connectivity index (χ0v) is 6.44. The molecule has 1 atom stereocenters. The number of carboxylic acids is 1. The minimum atomic E-state index is -1.20. The Bertz CT molecular complexity index is 168. The average Bonchev–Trinajstić information content (AvgIpc) is 1.88. The number of carboxylic acid groups (broad SMARTS) is 1. The van der Waals surface area contributed by atoms with Crippen LogP contribution in [0.1, 0.15) is 20.3 Å². The fourth-order valence-corrected chi connectivity index (χ4v) is 0.672. The minimum absolute atomic E-state index is 0.186. The largest absolute Gasteiger partial charge is 0.480 e. The third-order valence-electron chi connectivity index (χ3n) is 1.29. The lowest BCUT2D eigenvalue weighted by molar-refractivity contribution is -0.184. The number of aliphatic carboxylic acids is 1. The Hall–Kier alpha value is -1.10. The van der Waals surface area contributed by atoms with Crippen molar-refractivity contribution in [2.24, 2.45) is 0 Å². The summed E-state index contributed by atoms with van der Waals surface area (Å²) in [5.41, 5.74) is 0. The number of hydrogen-bond donors (Lipinski definition) is 2. The van der Waals surface area contributed by atoms with Crippen LogP contribution in [0.2, 0.25) is 0 Å². The Kier molecular flexibility index (Phi) is 3.53. The fourth-order valence-electron chi connectivity index (χ4n) is 0.672. The van der Waals surface area contributed by atoms with E-state index in [2.05, 4.69) is 0 Å². The molecule has 0 spiro atoms. The lowest BCUT2D eigenvalue weighted by Crippen LogP contribution is -2.41. The highest BCUT2D eigenvalue weighted by atomic mass is 16.5. The lowest BCUT2D eigenvalue weighted by Gasteiger charge is -2.19. The molecule has 5 nitrogen and oxygen atoms in total. The van der Waals surface area contributed by atoms with E-state index in [-0.39, 0.29) is 11.5 Å². The van der Waals surface area contributed by atoms with Gasteiger partial charge in [-0.3, -0.25) is 10.0 Å². The maximum atomic E-state index is 10.5. The number of nitrogens with zero attached hydrogens (tertiary/aromatic N) is 1. The van der Waals surface area contributed by atoms with Gasteiger partial charge >= 0.3 is 5.97 Å². The van der Waals surface area contributed by atoms with E-state index in [1.165, 1.54) is 0 Å². The van der Waals surface area contributed by atoms with Gasteiger partial charge < -0.3 is 5.11 Å². The van der Waals surface area contributed by atoms with Gasteiger partial charge in [0.2, 0.25) is 5.91 Å².